The van der Waals surface area contributed by atoms with E-state index in [2.05, 4.69) is 5.32 Å². The van der Waals surface area contributed by atoms with Crippen molar-refractivity contribution in [3.8, 4) is 0 Å². The summed E-state index contributed by atoms with van der Waals surface area (Å²) in [5, 5.41) is 3.12. The van der Waals surface area contributed by atoms with Crippen molar-refractivity contribution < 1.29 is 19.1 Å². The highest BCUT2D eigenvalue weighted by molar-refractivity contribution is 5.68. The Morgan fingerprint density at radius 1 is 1.35 bits per heavy atom. The molecule has 2 atom stereocenters. The highest BCUT2D eigenvalue weighted by Gasteiger charge is 2.52. The molecular weight excluding hydrogens is 260 g/mol. The maximum atomic E-state index is 12.1. The van der Waals surface area contributed by atoms with Crippen molar-refractivity contribution in [2.45, 2.75) is 52.4 Å². The number of esters is 1. The van der Waals surface area contributed by atoms with E-state index in [9.17, 15) is 9.59 Å². The average Bonchev–Trinajstić information content (AvgIpc) is 2.33. The summed E-state index contributed by atoms with van der Waals surface area (Å²) in [5.41, 5.74) is -0.643. The van der Waals surface area contributed by atoms with Gasteiger partial charge in [-0.2, -0.15) is 0 Å². The van der Waals surface area contributed by atoms with Crippen LogP contribution in [0.15, 0.2) is 0 Å². The lowest BCUT2D eigenvalue weighted by Gasteiger charge is -2.53. The van der Waals surface area contributed by atoms with Crippen LogP contribution in [0.4, 0.5) is 4.79 Å². The molecule has 2 aliphatic heterocycles. The molecule has 0 bridgehead atoms. The minimum atomic E-state index is -0.491. The van der Waals surface area contributed by atoms with Crippen LogP contribution in [-0.4, -0.2) is 48.4 Å². The number of nitrogens with zero attached hydrogens (tertiary/aromatic N) is 1. The molecule has 0 aromatic heterocycles. The predicted molar refractivity (Wildman–Crippen MR) is 73.0 cm³/mol. The van der Waals surface area contributed by atoms with Crippen molar-refractivity contribution in [1.82, 2.24) is 10.2 Å². The van der Waals surface area contributed by atoms with Crippen molar-refractivity contribution >= 4 is 12.1 Å². The molecule has 2 fully saturated rings. The largest absolute Gasteiger partial charge is 0.446 e. The lowest BCUT2D eigenvalue weighted by Crippen LogP contribution is -2.69. The number of piperidine rings is 1. The van der Waals surface area contributed by atoms with E-state index in [1.165, 1.54) is 6.92 Å². The molecule has 0 radical (unpaired) electrons. The van der Waals surface area contributed by atoms with Crippen LogP contribution < -0.4 is 5.32 Å². The predicted octanol–water partition coefficient (Wildman–Crippen LogP) is 1.50. The van der Waals surface area contributed by atoms with Gasteiger partial charge >= 0.3 is 12.1 Å². The molecule has 6 heteroatoms. The van der Waals surface area contributed by atoms with E-state index in [0.29, 0.717) is 13.1 Å². The van der Waals surface area contributed by atoms with Crippen LogP contribution in [0, 0.1) is 5.41 Å². The van der Waals surface area contributed by atoms with Gasteiger partial charge in [0.1, 0.15) is 5.60 Å². The number of amides is 1. The molecule has 1 spiro atoms. The molecule has 0 aliphatic carbocycles. The molecule has 0 aromatic rings. The van der Waals surface area contributed by atoms with E-state index in [4.69, 9.17) is 9.47 Å². The fourth-order valence-electron chi connectivity index (χ4n) is 2.81. The maximum Gasteiger partial charge on any atom is 0.410 e. The average molecular weight is 284 g/mol. The van der Waals surface area contributed by atoms with Gasteiger partial charge < -0.3 is 14.4 Å². The summed E-state index contributed by atoms with van der Waals surface area (Å²) < 4.78 is 10.7. The lowest BCUT2D eigenvalue weighted by atomic mass is 9.73. The van der Waals surface area contributed by atoms with Crippen LogP contribution in [0.1, 0.15) is 40.5 Å². The van der Waals surface area contributed by atoms with Crippen LogP contribution in [0.3, 0.4) is 0 Å². The lowest BCUT2D eigenvalue weighted by molar-refractivity contribution is -0.176. The van der Waals surface area contributed by atoms with E-state index in [-0.39, 0.29) is 23.7 Å². The second-order valence-corrected chi connectivity index (χ2v) is 6.74. The SMILES string of the molecule is CC(=O)OC1NCC12CCCN(C(=O)OC(C)(C)C)C2. The molecule has 2 heterocycles. The zero-order chi connectivity index (χ0) is 15.0. The topological polar surface area (TPSA) is 67.9 Å². The van der Waals surface area contributed by atoms with E-state index < -0.39 is 5.60 Å². The Bertz CT molecular complexity index is 404. The zero-order valence-corrected chi connectivity index (χ0v) is 12.7. The number of nitrogens with one attached hydrogen (secondary N) is 1. The minimum absolute atomic E-state index is 0.152. The van der Waals surface area contributed by atoms with Crippen LogP contribution in [-0.2, 0) is 14.3 Å². The molecule has 2 aliphatic rings. The summed E-state index contributed by atoms with van der Waals surface area (Å²) in [6.45, 7) is 9.02. The fraction of sp³-hybridized carbons (Fsp3) is 0.857. The second-order valence-electron chi connectivity index (χ2n) is 6.74. The van der Waals surface area contributed by atoms with Gasteiger partial charge in [0.05, 0.1) is 5.41 Å². The Morgan fingerprint density at radius 3 is 2.55 bits per heavy atom. The maximum absolute atomic E-state index is 12.1. The summed E-state index contributed by atoms with van der Waals surface area (Å²) >= 11 is 0. The third-order valence-electron chi connectivity index (χ3n) is 3.74. The molecule has 2 saturated heterocycles. The highest BCUT2D eigenvalue weighted by atomic mass is 16.6. The van der Waals surface area contributed by atoms with Crippen LogP contribution >= 0.6 is 0 Å². The second kappa shape index (κ2) is 5.24. The summed E-state index contributed by atoms with van der Waals surface area (Å²) in [5.74, 6) is -0.295. The quantitative estimate of drug-likeness (QED) is 0.739. The standard InChI is InChI=1S/C14H24N2O4/c1-10(17)19-11-14(8-15-11)6-5-7-16(9-14)12(18)20-13(2,3)4/h11,15H,5-9H2,1-4H3. The number of hydrogen-bond donors (Lipinski definition) is 1. The normalized spacial score (nSPS) is 29.8. The molecule has 1 N–H and O–H groups in total. The first-order valence-electron chi connectivity index (χ1n) is 7.10. The van der Waals surface area contributed by atoms with Crippen LogP contribution in [0.25, 0.3) is 0 Å². The van der Waals surface area contributed by atoms with Crippen molar-refractivity contribution in [2.24, 2.45) is 5.41 Å². The van der Waals surface area contributed by atoms with Crippen molar-refractivity contribution in [3.63, 3.8) is 0 Å². The number of carbonyl (C=O) groups is 2. The highest BCUT2D eigenvalue weighted by Crippen LogP contribution is 2.39. The summed E-state index contributed by atoms with van der Waals surface area (Å²) in [4.78, 5) is 25.0. The molecular formula is C14H24N2O4. The molecule has 1 amide bonds. The Hall–Kier alpha value is -1.30. The smallest absolute Gasteiger partial charge is 0.410 e. The van der Waals surface area contributed by atoms with Gasteiger partial charge in [-0.05, 0) is 33.6 Å². The third kappa shape index (κ3) is 3.23. The van der Waals surface area contributed by atoms with E-state index in [1.54, 1.807) is 4.90 Å². The first kappa shape index (κ1) is 15.1. The molecule has 0 saturated carbocycles. The number of carbonyl (C=O) groups excluding carboxylic acids is 2. The molecule has 6 nitrogen and oxygen atoms in total. The van der Waals surface area contributed by atoms with Crippen LogP contribution in [0.2, 0.25) is 0 Å². The molecule has 2 unspecified atom stereocenters. The molecule has 2 rings (SSSR count). The molecule has 0 aromatic carbocycles. The zero-order valence-electron chi connectivity index (χ0n) is 12.7. The number of likely N-dealkylation sites (tertiary alicyclic amines) is 1. The van der Waals surface area contributed by atoms with Gasteiger partial charge in [0.25, 0.3) is 0 Å². The minimum Gasteiger partial charge on any atom is -0.446 e. The monoisotopic (exact) mass is 284 g/mol. The van der Waals surface area contributed by atoms with Crippen molar-refractivity contribution in [3.05, 3.63) is 0 Å². The van der Waals surface area contributed by atoms with Gasteiger partial charge in [-0.3, -0.25) is 10.1 Å². The first-order valence-corrected chi connectivity index (χ1v) is 7.10. The Balaban J connectivity index is 1.98. The third-order valence-corrected chi connectivity index (χ3v) is 3.74. The van der Waals surface area contributed by atoms with Gasteiger partial charge in [-0.15, -0.1) is 0 Å². The van der Waals surface area contributed by atoms with Crippen molar-refractivity contribution in [2.75, 3.05) is 19.6 Å². The van der Waals surface area contributed by atoms with Gasteiger partial charge in [0.15, 0.2) is 6.23 Å². The molecule has 20 heavy (non-hydrogen) atoms. The van der Waals surface area contributed by atoms with E-state index in [0.717, 1.165) is 19.4 Å². The van der Waals surface area contributed by atoms with Gasteiger partial charge in [-0.25, -0.2) is 4.79 Å². The van der Waals surface area contributed by atoms with E-state index in [1.807, 2.05) is 20.8 Å². The summed E-state index contributed by atoms with van der Waals surface area (Å²) in [6, 6.07) is 0. The van der Waals surface area contributed by atoms with E-state index >= 15 is 0 Å². The Labute approximate surface area is 119 Å². The number of rotatable bonds is 1. The Kier molecular flexibility index (Phi) is 3.95. The Morgan fingerprint density at radius 2 is 2.05 bits per heavy atom. The van der Waals surface area contributed by atoms with Gasteiger partial charge in [0.2, 0.25) is 0 Å². The van der Waals surface area contributed by atoms with Crippen molar-refractivity contribution in [1.29, 1.82) is 0 Å². The number of ether oxygens (including phenoxy) is 2. The molecule has 114 valence electrons. The summed E-state index contributed by atoms with van der Waals surface area (Å²) in [6.07, 6.45) is 1.28. The first-order chi connectivity index (χ1) is 9.22. The van der Waals surface area contributed by atoms with Gasteiger partial charge in [0, 0.05) is 26.6 Å². The fourth-order valence-corrected chi connectivity index (χ4v) is 2.81. The number of hydrogen-bond acceptors (Lipinski definition) is 5. The van der Waals surface area contributed by atoms with Crippen LogP contribution in [0.5, 0.6) is 0 Å². The summed E-state index contributed by atoms with van der Waals surface area (Å²) in [7, 11) is 0. The van der Waals surface area contributed by atoms with Gasteiger partial charge in [-0.1, -0.05) is 0 Å².